The molecule has 0 spiro atoms. The number of amides is 1. The molecule has 2 aromatic rings. The fraction of sp³-hybridized carbons (Fsp3) is 0.188. The van der Waals surface area contributed by atoms with Crippen LogP contribution < -0.4 is 10.6 Å². The number of halogens is 2. The predicted molar refractivity (Wildman–Crippen MR) is 95.0 cm³/mol. The smallest absolute Gasteiger partial charge is 0.288 e. The van der Waals surface area contributed by atoms with Crippen molar-refractivity contribution in [3.05, 3.63) is 48.5 Å². The molecule has 0 unspecified atom stereocenters. The van der Waals surface area contributed by atoms with Crippen molar-refractivity contribution >= 4 is 38.9 Å². The summed E-state index contributed by atoms with van der Waals surface area (Å²) in [5.74, 6) is -3.03. The number of thioether (sulfide) groups is 1. The normalized spacial score (nSPS) is 11.4. The molecule has 0 radical (unpaired) electrons. The van der Waals surface area contributed by atoms with Crippen LogP contribution in [-0.2, 0) is 14.6 Å². The Bertz CT molecular complexity index is 858. The van der Waals surface area contributed by atoms with Crippen LogP contribution in [0, 0.1) is 0 Å². The maximum atomic E-state index is 12.5. The molecule has 0 atom stereocenters. The highest BCUT2D eigenvalue weighted by atomic mass is 32.2. The van der Waals surface area contributed by atoms with Crippen LogP contribution in [0.4, 0.5) is 20.2 Å². The van der Waals surface area contributed by atoms with Gasteiger partial charge in [-0.2, -0.15) is 8.78 Å². The Hall–Kier alpha value is -2.13. The minimum absolute atomic E-state index is 0.136. The van der Waals surface area contributed by atoms with Crippen molar-refractivity contribution in [1.29, 1.82) is 0 Å². The Kier molecular flexibility index (Phi) is 6.38. The lowest BCUT2D eigenvalue weighted by Gasteiger charge is -2.11. The van der Waals surface area contributed by atoms with E-state index in [9.17, 15) is 22.0 Å². The van der Waals surface area contributed by atoms with Gasteiger partial charge in [0.2, 0.25) is 5.91 Å². The number of hydrogen-bond acceptors (Lipinski definition) is 5. The Morgan fingerprint density at radius 3 is 2.56 bits per heavy atom. The van der Waals surface area contributed by atoms with Gasteiger partial charge in [-0.25, -0.2) is 8.42 Å². The van der Waals surface area contributed by atoms with Crippen molar-refractivity contribution in [2.75, 3.05) is 23.4 Å². The molecule has 0 aliphatic heterocycles. The second-order valence-corrected chi connectivity index (χ2v) is 8.12. The van der Waals surface area contributed by atoms with Gasteiger partial charge in [-0.3, -0.25) is 4.79 Å². The zero-order valence-corrected chi connectivity index (χ0v) is 14.8. The third-order valence-electron chi connectivity index (χ3n) is 3.09. The summed E-state index contributed by atoms with van der Waals surface area (Å²) in [4.78, 5) is 12.4. The molecule has 2 N–H and O–H groups in total. The summed E-state index contributed by atoms with van der Waals surface area (Å²) in [7, 11) is -3.34. The first-order chi connectivity index (χ1) is 11.8. The highest BCUT2D eigenvalue weighted by Crippen LogP contribution is 2.31. The first-order valence-corrected chi connectivity index (χ1v) is 9.90. The van der Waals surface area contributed by atoms with Crippen LogP contribution in [0.15, 0.2) is 58.3 Å². The molecular weight excluding hydrogens is 370 g/mol. The second-order valence-electron chi connectivity index (χ2n) is 5.08. The maximum absolute atomic E-state index is 12.5. The standard InChI is InChI=1S/C16H16F2N2O3S2/c1-25(22,23)12-6-4-5-11(9-12)19-10-15(21)20-13-7-2-3-8-14(13)24-16(17)18/h2-9,16,19H,10H2,1H3,(H,20,21). The molecule has 2 rings (SSSR count). The van der Waals surface area contributed by atoms with Crippen LogP contribution in [0.2, 0.25) is 0 Å². The Morgan fingerprint density at radius 1 is 1.16 bits per heavy atom. The fourth-order valence-electron chi connectivity index (χ4n) is 1.98. The quantitative estimate of drug-likeness (QED) is 0.713. The number of hydrogen-bond donors (Lipinski definition) is 2. The summed E-state index contributed by atoms with van der Waals surface area (Å²) in [6, 6.07) is 12.3. The molecular formula is C16H16F2N2O3S2. The monoisotopic (exact) mass is 386 g/mol. The highest BCUT2D eigenvalue weighted by Gasteiger charge is 2.12. The number of rotatable bonds is 7. The van der Waals surface area contributed by atoms with Crippen molar-refractivity contribution in [3.63, 3.8) is 0 Å². The Labute approximate surface area is 148 Å². The minimum atomic E-state index is -3.34. The lowest BCUT2D eigenvalue weighted by Crippen LogP contribution is -2.22. The van der Waals surface area contributed by atoms with Gasteiger partial charge in [-0.1, -0.05) is 30.0 Å². The number of sulfone groups is 1. The lowest BCUT2D eigenvalue weighted by atomic mass is 10.3. The zero-order valence-electron chi connectivity index (χ0n) is 13.2. The topological polar surface area (TPSA) is 75.3 Å². The van der Waals surface area contributed by atoms with Gasteiger partial charge in [0.05, 0.1) is 17.1 Å². The summed E-state index contributed by atoms with van der Waals surface area (Å²) < 4.78 is 48.1. The van der Waals surface area contributed by atoms with Gasteiger partial charge in [-0.05, 0) is 30.3 Å². The molecule has 1 amide bonds. The highest BCUT2D eigenvalue weighted by molar-refractivity contribution is 7.99. The van der Waals surface area contributed by atoms with Crippen LogP contribution >= 0.6 is 11.8 Å². The van der Waals surface area contributed by atoms with E-state index in [0.29, 0.717) is 23.1 Å². The van der Waals surface area contributed by atoms with Crippen LogP contribution in [-0.4, -0.2) is 32.9 Å². The van der Waals surface area contributed by atoms with Crippen molar-refractivity contribution in [2.45, 2.75) is 15.5 Å². The van der Waals surface area contributed by atoms with Crippen molar-refractivity contribution in [3.8, 4) is 0 Å². The van der Waals surface area contributed by atoms with E-state index in [-0.39, 0.29) is 16.3 Å². The van der Waals surface area contributed by atoms with E-state index >= 15 is 0 Å². The van der Waals surface area contributed by atoms with Crippen molar-refractivity contribution in [2.24, 2.45) is 0 Å². The summed E-state index contributed by atoms with van der Waals surface area (Å²) in [6.45, 7) is -0.138. The van der Waals surface area contributed by atoms with Gasteiger partial charge in [0, 0.05) is 16.8 Å². The van der Waals surface area contributed by atoms with E-state index in [2.05, 4.69) is 10.6 Å². The third kappa shape index (κ3) is 6.02. The number of alkyl halides is 2. The number of anilines is 2. The molecule has 0 heterocycles. The van der Waals surface area contributed by atoms with E-state index < -0.39 is 21.5 Å². The van der Waals surface area contributed by atoms with Gasteiger partial charge in [0.25, 0.3) is 5.76 Å². The minimum Gasteiger partial charge on any atom is -0.376 e. The number of carbonyl (C=O) groups excluding carboxylic acids is 1. The zero-order chi connectivity index (χ0) is 18.4. The average molecular weight is 386 g/mol. The molecule has 9 heteroatoms. The molecule has 134 valence electrons. The third-order valence-corrected chi connectivity index (χ3v) is 4.99. The molecule has 25 heavy (non-hydrogen) atoms. The predicted octanol–water partition coefficient (Wildman–Crippen LogP) is 3.46. The molecule has 5 nitrogen and oxygen atoms in total. The number of benzene rings is 2. The fourth-order valence-corrected chi connectivity index (χ4v) is 3.24. The lowest BCUT2D eigenvalue weighted by molar-refractivity contribution is -0.114. The SMILES string of the molecule is CS(=O)(=O)c1cccc(NCC(=O)Nc2ccccc2SC(F)F)c1. The molecule has 0 saturated carbocycles. The van der Waals surface area contributed by atoms with Crippen LogP contribution in [0.25, 0.3) is 0 Å². The largest absolute Gasteiger partial charge is 0.376 e. The van der Waals surface area contributed by atoms with E-state index in [1.54, 1.807) is 24.3 Å². The number of para-hydroxylation sites is 1. The second kappa shape index (κ2) is 8.30. The van der Waals surface area contributed by atoms with Crippen LogP contribution in [0.1, 0.15) is 0 Å². The van der Waals surface area contributed by atoms with Crippen LogP contribution in [0.5, 0.6) is 0 Å². The average Bonchev–Trinajstić information content (AvgIpc) is 2.54. The molecule has 0 fully saturated rings. The van der Waals surface area contributed by atoms with E-state index in [1.807, 2.05) is 0 Å². The molecule has 0 bridgehead atoms. The first kappa shape index (κ1) is 19.2. The van der Waals surface area contributed by atoms with Crippen molar-refractivity contribution < 1.29 is 22.0 Å². The van der Waals surface area contributed by atoms with Crippen molar-refractivity contribution in [1.82, 2.24) is 0 Å². The number of carbonyl (C=O) groups is 1. The molecule has 0 saturated heterocycles. The summed E-state index contributed by atoms with van der Waals surface area (Å²) in [6.07, 6.45) is 1.09. The van der Waals surface area contributed by atoms with Gasteiger partial charge in [0.15, 0.2) is 9.84 Å². The first-order valence-electron chi connectivity index (χ1n) is 7.13. The molecule has 0 aromatic heterocycles. The van der Waals surface area contributed by atoms with E-state index in [1.165, 1.54) is 24.3 Å². The molecule has 0 aliphatic carbocycles. The van der Waals surface area contributed by atoms with Gasteiger partial charge >= 0.3 is 0 Å². The van der Waals surface area contributed by atoms with E-state index in [4.69, 9.17) is 0 Å². The Balaban J connectivity index is 2.00. The van der Waals surface area contributed by atoms with Gasteiger partial charge in [-0.15, -0.1) is 0 Å². The summed E-state index contributed by atoms with van der Waals surface area (Å²) >= 11 is 0.351. The van der Waals surface area contributed by atoms with E-state index in [0.717, 1.165) is 6.26 Å². The molecule has 2 aromatic carbocycles. The molecule has 0 aliphatic rings. The summed E-state index contributed by atoms with van der Waals surface area (Å²) in [5, 5.41) is 5.36. The maximum Gasteiger partial charge on any atom is 0.288 e. The summed E-state index contributed by atoms with van der Waals surface area (Å²) in [5.41, 5.74) is 0.762. The van der Waals surface area contributed by atoms with Crippen LogP contribution in [0.3, 0.4) is 0 Å². The van der Waals surface area contributed by atoms with Gasteiger partial charge in [0.1, 0.15) is 0 Å². The number of nitrogens with one attached hydrogen (secondary N) is 2. The van der Waals surface area contributed by atoms with Gasteiger partial charge < -0.3 is 10.6 Å². The Morgan fingerprint density at radius 2 is 1.88 bits per heavy atom.